The lowest BCUT2D eigenvalue weighted by Gasteiger charge is -2.08. The molecule has 0 saturated heterocycles. The molecule has 0 atom stereocenters. The largest absolute Gasteiger partial charge is 0.492 e. The number of hydrogen-bond acceptors (Lipinski definition) is 3. The van der Waals surface area contributed by atoms with Crippen LogP contribution in [0.2, 0.25) is 0 Å². The summed E-state index contributed by atoms with van der Waals surface area (Å²) in [6.07, 6.45) is 1.01. The van der Waals surface area contributed by atoms with E-state index < -0.39 is 0 Å². The highest BCUT2D eigenvalue weighted by Gasteiger charge is 2.09. The van der Waals surface area contributed by atoms with Crippen LogP contribution in [0.5, 0.6) is 5.75 Å². The number of aromatic nitrogens is 2. The fourth-order valence-electron chi connectivity index (χ4n) is 2.34. The molecule has 2 aromatic rings. The van der Waals surface area contributed by atoms with Gasteiger partial charge in [0.15, 0.2) is 0 Å². The van der Waals surface area contributed by atoms with Gasteiger partial charge in [-0.15, -0.1) is 0 Å². The molecule has 0 aliphatic heterocycles. The van der Waals surface area contributed by atoms with Crippen LogP contribution in [0.1, 0.15) is 29.4 Å². The van der Waals surface area contributed by atoms with Crippen molar-refractivity contribution in [2.24, 2.45) is 0 Å². The topological polar surface area (TPSA) is 50.8 Å². The third kappa shape index (κ3) is 3.00. The Hall–Kier alpha value is -2.28. The van der Waals surface area contributed by atoms with Crippen molar-refractivity contribution in [2.45, 2.75) is 33.7 Å². The molecule has 0 bridgehead atoms. The van der Waals surface area contributed by atoms with Crippen molar-refractivity contribution in [1.29, 1.82) is 5.26 Å². The summed E-state index contributed by atoms with van der Waals surface area (Å²) >= 11 is 0. The predicted molar refractivity (Wildman–Crippen MR) is 77.7 cm³/mol. The van der Waals surface area contributed by atoms with Gasteiger partial charge in [0.25, 0.3) is 0 Å². The minimum absolute atomic E-state index is 0.566. The number of ether oxygens (including phenoxy) is 1. The zero-order valence-electron chi connectivity index (χ0n) is 12.2. The molecule has 4 nitrogen and oxygen atoms in total. The van der Waals surface area contributed by atoms with Crippen LogP contribution in [0, 0.1) is 25.2 Å². The summed E-state index contributed by atoms with van der Waals surface area (Å²) in [6, 6.07) is 9.24. The first-order chi connectivity index (χ1) is 9.65. The van der Waals surface area contributed by atoms with Crippen molar-refractivity contribution >= 4 is 0 Å². The van der Waals surface area contributed by atoms with Crippen LogP contribution in [0.3, 0.4) is 0 Å². The van der Waals surface area contributed by atoms with Crippen molar-refractivity contribution in [1.82, 2.24) is 9.78 Å². The van der Waals surface area contributed by atoms with Crippen molar-refractivity contribution < 1.29 is 4.74 Å². The van der Waals surface area contributed by atoms with Gasteiger partial charge in [0.1, 0.15) is 12.4 Å². The van der Waals surface area contributed by atoms with E-state index in [1.54, 1.807) is 12.1 Å². The maximum absolute atomic E-state index is 8.73. The maximum atomic E-state index is 8.73. The first kappa shape index (κ1) is 14.1. The van der Waals surface area contributed by atoms with Gasteiger partial charge in [-0.1, -0.05) is 6.92 Å². The maximum Gasteiger partial charge on any atom is 0.119 e. The minimum atomic E-state index is 0.566. The van der Waals surface area contributed by atoms with Crippen molar-refractivity contribution in [3.05, 3.63) is 46.8 Å². The number of aryl methyl sites for hydroxylation is 1. The molecule has 0 N–H and O–H groups in total. The van der Waals surface area contributed by atoms with Crippen LogP contribution in [0.4, 0.5) is 0 Å². The molecule has 0 saturated carbocycles. The number of nitrogens with zero attached hydrogens (tertiary/aromatic N) is 3. The van der Waals surface area contributed by atoms with E-state index in [0.29, 0.717) is 12.2 Å². The highest BCUT2D eigenvalue weighted by atomic mass is 16.5. The van der Waals surface area contributed by atoms with Crippen LogP contribution in [0.25, 0.3) is 0 Å². The number of nitriles is 1. The summed E-state index contributed by atoms with van der Waals surface area (Å²) in [6.45, 7) is 7.59. The fraction of sp³-hybridized carbons (Fsp3) is 0.375. The van der Waals surface area contributed by atoms with Crippen molar-refractivity contribution in [3.63, 3.8) is 0 Å². The highest BCUT2D eigenvalue weighted by molar-refractivity contribution is 5.34. The Bertz CT molecular complexity index is 620. The molecule has 1 aromatic heterocycles. The molecular weight excluding hydrogens is 250 g/mol. The summed E-state index contributed by atoms with van der Waals surface area (Å²) in [4.78, 5) is 0. The van der Waals surface area contributed by atoms with Gasteiger partial charge in [-0.05, 0) is 50.1 Å². The average molecular weight is 269 g/mol. The van der Waals surface area contributed by atoms with E-state index >= 15 is 0 Å². The average Bonchev–Trinajstić information content (AvgIpc) is 2.74. The monoisotopic (exact) mass is 269 g/mol. The molecule has 1 heterocycles. The standard InChI is InChI=1S/C16H19N3O/c1-4-16-12(2)18-19(13(16)3)9-10-20-15-7-5-14(11-17)6-8-15/h5-8H,4,9-10H2,1-3H3. The Morgan fingerprint density at radius 2 is 1.95 bits per heavy atom. The van der Waals surface area contributed by atoms with E-state index in [9.17, 15) is 0 Å². The van der Waals surface area contributed by atoms with Gasteiger partial charge >= 0.3 is 0 Å². The molecule has 104 valence electrons. The van der Waals surface area contributed by atoms with E-state index in [1.165, 1.54) is 11.3 Å². The number of benzene rings is 1. The first-order valence-corrected chi connectivity index (χ1v) is 6.81. The van der Waals surface area contributed by atoms with Gasteiger partial charge in [0.05, 0.1) is 23.9 Å². The van der Waals surface area contributed by atoms with E-state index in [0.717, 1.165) is 24.4 Å². The molecule has 0 radical (unpaired) electrons. The van der Waals surface area contributed by atoms with Gasteiger partial charge in [-0.2, -0.15) is 10.4 Å². The minimum Gasteiger partial charge on any atom is -0.492 e. The normalized spacial score (nSPS) is 10.3. The Morgan fingerprint density at radius 1 is 1.25 bits per heavy atom. The molecular formula is C16H19N3O. The van der Waals surface area contributed by atoms with Gasteiger partial charge in [-0.25, -0.2) is 0 Å². The van der Waals surface area contributed by atoms with Crippen LogP contribution < -0.4 is 4.74 Å². The molecule has 2 rings (SSSR count). The van der Waals surface area contributed by atoms with Gasteiger partial charge in [0, 0.05) is 5.69 Å². The fourth-order valence-corrected chi connectivity index (χ4v) is 2.34. The van der Waals surface area contributed by atoms with Crippen molar-refractivity contribution in [2.75, 3.05) is 6.61 Å². The predicted octanol–water partition coefficient (Wildman–Crippen LogP) is 3.01. The number of rotatable bonds is 5. The lowest BCUT2D eigenvalue weighted by molar-refractivity contribution is 0.289. The summed E-state index contributed by atoms with van der Waals surface area (Å²) in [5.41, 5.74) is 4.28. The van der Waals surface area contributed by atoms with Gasteiger partial charge in [0.2, 0.25) is 0 Å². The van der Waals surface area contributed by atoms with Crippen LogP contribution in [-0.4, -0.2) is 16.4 Å². The van der Waals surface area contributed by atoms with Crippen LogP contribution >= 0.6 is 0 Å². The Balaban J connectivity index is 1.94. The van der Waals surface area contributed by atoms with Crippen molar-refractivity contribution in [3.8, 4) is 11.8 Å². The molecule has 0 aliphatic carbocycles. The second-order valence-corrected chi connectivity index (χ2v) is 4.71. The van der Waals surface area contributed by atoms with E-state index in [-0.39, 0.29) is 0 Å². The smallest absolute Gasteiger partial charge is 0.119 e. The molecule has 0 aliphatic rings. The summed E-state index contributed by atoms with van der Waals surface area (Å²) < 4.78 is 7.67. The molecule has 0 amide bonds. The molecule has 0 fully saturated rings. The lowest BCUT2D eigenvalue weighted by Crippen LogP contribution is -2.11. The molecule has 20 heavy (non-hydrogen) atoms. The highest BCUT2D eigenvalue weighted by Crippen LogP contribution is 2.14. The number of hydrogen-bond donors (Lipinski definition) is 0. The molecule has 0 unspecified atom stereocenters. The quantitative estimate of drug-likeness (QED) is 0.838. The Morgan fingerprint density at radius 3 is 2.50 bits per heavy atom. The molecule has 0 spiro atoms. The second kappa shape index (κ2) is 6.25. The second-order valence-electron chi connectivity index (χ2n) is 4.71. The third-order valence-corrected chi connectivity index (χ3v) is 3.44. The zero-order valence-corrected chi connectivity index (χ0v) is 12.2. The van der Waals surface area contributed by atoms with E-state index in [2.05, 4.69) is 25.0 Å². The molecule has 1 aromatic carbocycles. The van der Waals surface area contributed by atoms with Gasteiger partial charge in [-0.3, -0.25) is 4.68 Å². The Labute approximate surface area is 119 Å². The lowest BCUT2D eigenvalue weighted by atomic mass is 10.1. The third-order valence-electron chi connectivity index (χ3n) is 3.44. The molecule has 4 heteroatoms. The summed E-state index contributed by atoms with van der Waals surface area (Å²) in [7, 11) is 0. The zero-order chi connectivity index (χ0) is 14.5. The van der Waals surface area contributed by atoms with E-state index in [1.807, 2.05) is 23.7 Å². The van der Waals surface area contributed by atoms with Crippen LogP contribution in [-0.2, 0) is 13.0 Å². The summed E-state index contributed by atoms with van der Waals surface area (Å²) in [5.74, 6) is 0.779. The van der Waals surface area contributed by atoms with E-state index in [4.69, 9.17) is 10.00 Å². The van der Waals surface area contributed by atoms with Crippen LogP contribution in [0.15, 0.2) is 24.3 Å². The SMILES string of the molecule is CCc1c(C)nn(CCOc2ccc(C#N)cc2)c1C. The summed E-state index contributed by atoms with van der Waals surface area (Å²) in [5, 5.41) is 13.3. The van der Waals surface area contributed by atoms with Gasteiger partial charge < -0.3 is 4.74 Å². The first-order valence-electron chi connectivity index (χ1n) is 6.81. The Kier molecular flexibility index (Phi) is 4.41.